The fourth-order valence-corrected chi connectivity index (χ4v) is 2.43. The van der Waals surface area contributed by atoms with Crippen LogP contribution < -0.4 is 0 Å². The highest BCUT2D eigenvalue weighted by atomic mass is 79.9. The summed E-state index contributed by atoms with van der Waals surface area (Å²) >= 11 is 3.27. The van der Waals surface area contributed by atoms with E-state index in [0.29, 0.717) is 16.7 Å². The van der Waals surface area contributed by atoms with Crippen LogP contribution in [0.5, 0.6) is 0 Å². The van der Waals surface area contributed by atoms with Crippen LogP contribution in [0.2, 0.25) is 0 Å². The zero-order valence-corrected chi connectivity index (χ0v) is 12.4. The van der Waals surface area contributed by atoms with Gasteiger partial charge in [-0.05, 0) is 37.6 Å². The Kier molecular flexibility index (Phi) is 4.14. The van der Waals surface area contributed by atoms with Gasteiger partial charge in [0.15, 0.2) is 5.78 Å². The zero-order valence-electron chi connectivity index (χ0n) is 10.8. The lowest BCUT2D eigenvalue weighted by Crippen LogP contribution is -2.12. The van der Waals surface area contributed by atoms with Crippen molar-refractivity contribution in [2.24, 2.45) is 0 Å². The lowest BCUT2D eigenvalue weighted by atomic mass is 10.1. The Hall–Kier alpha value is -1.49. The van der Waals surface area contributed by atoms with Crippen molar-refractivity contribution in [1.29, 1.82) is 0 Å². The van der Waals surface area contributed by atoms with Crippen molar-refractivity contribution in [2.45, 2.75) is 26.8 Å². The molecule has 0 saturated carbocycles. The number of benzene rings is 1. The van der Waals surface area contributed by atoms with Gasteiger partial charge in [0.1, 0.15) is 11.5 Å². The summed E-state index contributed by atoms with van der Waals surface area (Å²) in [6.45, 7) is 4.45. The molecule has 0 spiro atoms. The van der Waals surface area contributed by atoms with Gasteiger partial charge >= 0.3 is 0 Å². The molecule has 0 radical (unpaired) electrons. The molecule has 0 amide bonds. The molecule has 2 aromatic rings. The first-order valence-electron chi connectivity index (χ1n) is 6.03. The van der Waals surface area contributed by atoms with Gasteiger partial charge in [-0.2, -0.15) is 5.10 Å². The lowest BCUT2D eigenvalue weighted by Gasteiger charge is -2.06. The van der Waals surface area contributed by atoms with Crippen LogP contribution in [0, 0.1) is 12.7 Å². The second-order valence-electron chi connectivity index (χ2n) is 4.32. The summed E-state index contributed by atoms with van der Waals surface area (Å²) in [5.74, 6) is -0.340. The number of rotatable bonds is 4. The maximum atomic E-state index is 13.0. The van der Waals surface area contributed by atoms with Gasteiger partial charge < -0.3 is 0 Å². The number of halogens is 2. The standard InChI is InChI=1S/C14H14BrFN2O/c1-3-18-13(6-9(2)17-18)14(19)7-10-4-5-11(16)8-12(10)15/h4-6,8H,3,7H2,1-2H3. The highest BCUT2D eigenvalue weighted by Crippen LogP contribution is 2.20. The van der Waals surface area contributed by atoms with Crippen molar-refractivity contribution in [1.82, 2.24) is 9.78 Å². The van der Waals surface area contributed by atoms with Crippen molar-refractivity contribution < 1.29 is 9.18 Å². The van der Waals surface area contributed by atoms with E-state index < -0.39 is 0 Å². The van der Waals surface area contributed by atoms with Gasteiger partial charge in [-0.1, -0.05) is 22.0 Å². The average Bonchev–Trinajstić information content (AvgIpc) is 2.74. The van der Waals surface area contributed by atoms with E-state index >= 15 is 0 Å². The molecule has 2 rings (SSSR count). The minimum atomic E-state index is -0.322. The van der Waals surface area contributed by atoms with Crippen LogP contribution in [0.25, 0.3) is 0 Å². The number of Topliss-reactive ketones (excluding diaryl/α,β-unsaturated/α-hetero) is 1. The predicted octanol–water partition coefficient (Wildman–Crippen LogP) is 3.54. The molecule has 3 nitrogen and oxygen atoms in total. The summed E-state index contributed by atoms with van der Waals surface area (Å²) in [6.07, 6.45) is 0.228. The Morgan fingerprint density at radius 3 is 2.79 bits per heavy atom. The molecule has 0 aliphatic heterocycles. The molecule has 0 unspecified atom stereocenters. The number of carbonyl (C=O) groups is 1. The first kappa shape index (κ1) is 13.9. The fourth-order valence-electron chi connectivity index (χ4n) is 1.94. The first-order chi connectivity index (χ1) is 9.01. The van der Waals surface area contributed by atoms with Gasteiger partial charge in [0.25, 0.3) is 0 Å². The molecule has 0 saturated heterocycles. The third kappa shape index (κ3) is 3.10. The van der Waals surface area contributed by atoms with E-state index in [0.717, 1.165) is 11.3 Å². The second-order valence-corrected chi connectivity index (χ2v) is 5.18. The van der Waals surface area contributed by atoms with E-state index in [-0.39, 0.29) is 18.0 Å². The predicted molar refractivity (Wildman–Crippen MR) is 74.8 cm³/mol. The number of carbonyl (C=O) groups excluding carboxylic acids is 1. The molecular formula is C14H14BrFN2O. The Balaban J connectivity index is 2.25. The Morgan fingerprint density at radius 1 is 1.42 bits per heavy atom. The van der Waals surface area contributed by atoms with Crippen molar-refractivity contribution in [3.05, 3.63) is 51.5 Å². The monoisotopic (exact) mass is 324 g/mol. The number of aromatic nitrogens is 2. The average molecular weight is 325 g/mol. The number of hydrogen-bond acceptors (Lipinski definition) is 2. The van der Waals surface area contributed by atoms with E-state index in [2.05, 4.69) is 21.0 Å². The quantitative estimate of drug-likeness (QED) is 0.806. The highest BCUT2D eigenvalue weighted by molar-refractivity contribution is 9.10. The number of nitrogens with zero attached hydrogens (tertiary/aromatic N) is 2. The normalized spacial score (nSPS) is 10.7. The molecule has 0 atom stereocenters. The molecule has 0 N–H and O–H groups in total. The first-order valence-corrected chi connectivity index (χ1v) is 6.82. The summed E-state index contributed by atoms with van der Waals surface area (Å²) in [7, 11) is 0. The molecule has 0 aliphatic rings. The number of ketones is 1. The Bertz CT molecular complexity index is 622. The van der Waals surface area contributed by atoms with Gasteiger partial charge in [0, 0.05) is 17.4 Å². The van der Waals surface area contributed by atoms with Gasteiger partial charge in [0.2, 0.25) is 0 Å². The Morgan fingerprint density at radius 2 is 2.16 bits per heavy atom. The van der Waals surface area contributed by atoms with Crippen molar-refractivity contribution >= 4 is 21.7 Å². The van der Waals surface area contributed by atoms with Crippen LogP contribution in [0.4, 0.5) is 4.39 Å². The van der Waals surface area contributed by atoms with Gasteiger partial charge in [-0.3, -0.25) is 9.48 Å². The van der Waals surface area contributed by atoms with Gasteiger partial charge in [0.05, 0.1) is 5.69 Å². The van der Waals surface area contributed by atoms with Crippen LogP contribution in [-0.4, -0.2) is 15.6 Å². The van der Waals surface area contributed by atoms with Crippen LogP contribution in [0.3, 0.4) is 0 Å². The smallest absolute Gasteiger partial charge is 0.185 e. The summed E-state index contributed by atoms with van der Waals surface area (Å²) in [5.41, 5.74) is 2.19. The zero-order chi connectivity index (χ0) is 14.0. The largest absolute Gasteiger partial charge is 0.292 e. The van der Waals surface area contributed by atoms with Crippen LogP contribution in [0.15, 0.2) is 28.7 Å². The summed E-state index contributed by atoms with van der Waals surface area (Å²) < 4.78 is 15.3. The van der Waals surface area contributed by atoms with Crippen molar-refractivity contribution in [2.75, 3.05) is 0 Å². The molecule has 5 heteroatoms. The van der Waals surface area contributed by atoms with Crippen LogP contribution in [-0.2, 0) is 13.0 Å². The number of hydrogen-bond donors (Lipinski definition) is 0. The SMILES string of the molecule is CCn1nc(C)cc1C(=O)Cc1ccc(F)cc1Br. The third-order valence-corrected chi connectivity index (χ3v) is 3.59. The van der Waals surface area contributed by atoms with Crippen LogP contribution in [0.1, 0.15) is 28.7 Å². The molecule has 0 bridgehead atoms. The molecule has 0 fully saturated rings. The molecule has 1 heterocycles. The fraction of sp³-hybridized carbons (Fsp3) is 0.286. The summed E-state index contributed by atoms with van der Waals surface area (Å²) in [5, 5.41) is 4.25. The van der Waals surface area contributed by atoms with Crippen molar-refractivity contribution in [3.8, 4) is 0 Å². The van der Waals surface area contributed by atoms with Crippen LogP contribution >= 0.6 is 15.9 Å². The van der Waals surface area contributed by atoms with E-state index in [1.807, 2.05) is 13.8 Å². The molecule has 0 aliphatic carbocycles. The van der Waals surface area contributed by atoms with Gasteiger partial charge in [-0.25, -0.2) is 4.39 Å². The maximum absolute atomic E-state index is 13.0. The molecule has 1 aromatic carbocycles. The van der Waals surface area contributed by atoms with E-state index in [9.17, 15) is 9.18 Å². The van der Waals surface area contributed by atoms with E-state index in [4.69, 9.17) is 0 Å². The molecule has 100 valence electrons. The minimum absolute atomic E-state index is 0.0187. The molecule has 1 aromatic heterocycles. The number of aryl methyl sites for hydroxylation is 2. The molecule has 19 heavy (non-hydrogen) atoms. The minimum Gasteiger partial charge on any atom is -0.292 e. The van der Waals surface area contributed by atoms with Crippen molar-refractivity contribution in [3.63, 3.8) is 0 Å². The highest BCUT2D eigenvalue weighted by Gasteiger charge is 2.15. The molecular weight excluding hydrogens is 311 g/mol. The van der Waals surface area contributed by atoms with E-state index in [1.54, 1.807) is 16.8 Å². The maximum Gasteiger partial charge on any atom is 0.185 e. The summed E-state index contributed by atoms with van der Waals surface area (Å²) in [4.78, 5) is 12.3. The third-order valence-electron chi connectivity index (χ3n) is 2.85. The topological polar surface area (TPSA) is 34.9 Å². The lowest BCUT2D eigenvalue weighted by molar-refractivity contribution is 0.0982. The Labute approximate surface area is 119 Å². The van der Waals surface area contributed by atoms with E-state index in [1.165, 1.54) is 12.1 Å². The summed E-state index contributed by atoms with van der Waals surface area (Å²) in [6, 6.07) is 6.13. The van der Waals surface area contributed by atoms with Gasteiger partial charge in [-0.15, -0.1) is 0 Å². The second kappa shape index (κ2) is 5.65.